The van der Waals surface area contributed by atoms with Gasteiger partial charge < -0.3 is 0 Å². The zero-order chi connectivity index (χ0) is 11.8. The lowest BCUT2D eigenvalue weighted by atomic mass is 10.1. The van der Waals surface area contributed by atoms with Crippen molar-refractivity contribution < 1.29 is 4.79 Å². The van der Waals surface area contributed by atoms with Gasteiger partial charge in [-0.3, -0.25) is 4.79 Å². The first-order chi connectivity index (χ1) is 6.97. The largest absolute Gasteiger partial charge is 0.282 e. The smallest absolute Gasteiger partial charge is 0.214 e. The number of thiol groups is 1. The van der Waals surface area contributed by atoms with Crippen molar-refractivity contribution in [2.24, 2.45) is 0 Å². The third kappa shape index (κ3) is 7.97. The highest BCUT2D eigenvalue weighted by Crippen LogP contribution is 2.26. The van der Waals surface area contributed by atoms with E-state index in [0.717, 1.165) is 12.8 Å². The molecule has 0 aliphatic heterocycles. The van der Waals surface area contributed by atoms with E-state index < -0.39 is 0 Å². The highest BCUT2D eigenvalue weighted by molar-refractivity contribution is 8.14. The number of hydrogen-bond donors (Lipinski definition) is 1. The van der Waals surface area contributed by atoms with Gasteiger partial charge in [0.25, 0.3) is 0 Å². The van der Waals surface area contributed by atoms with Crippen LogP contribution in [0.4, 0.5) is 0 Å². The normalized spacial score (nSPS) is 14.7. The van der Waals surface area contributed by atoms with Gasteiger partial charge in [-0.05, 0) is 30.6 Å². The van der Waals surface area contributed by atoms with Crippen LogP contribution in [0.5, 0.6) is 0 Å². The Labute approximate surface area is 104 Å². The van der Waals surface area contributed by atoms with E-state index in [4.69, 9.17) is 0 Å². The molecule has 0 bridgehead atoms. The highest BCUT2D eigenvalue weighted by Gasteiger charge is 2.16. The summed E-state index contributed by atoms with van der Waals surface area (Å²) in [5.41, 5.74) is 0.647. The lowest BCUT2D eigenvalue weighted by Crippen LogP contribution is -2.12. The molecular weight excluding hydrogens is 224 g/mol. The van der Waals surface area contributed by atoms with E-state index in [1.165, 1.54) is 24.6 Å². The topological polar surface area (TPSA) is 17.1 Å². The Bertz CT molecular complexity index is 212. The number of carbonyl (C=O) groups excluding carboxylic acids is 1. The third-order valence-corrected chi connectivity index (χ3v) is 3.64. The quantitative estimate of drug-likeness (QED) is 0.538. The first-order valence-corrected chi connectivity index (χ1v) is 6.91. The van der Waals surface area contributed by atoms with Gasteiger partial charge in [0.15, 0.2) is 0 Å². The average Bonchev–Trinajstić information content (AvgIpc) is 2.13. The minimum Gasteiger partial charge on any atom is -0.282 e. The third-order valence-electron chi connectivity index (χ3n) is 2.11. The fraction of sp³-hybridized carbons (Fsp3) is 0.750. The molecule has 0 aliphatic carbocycles. The van der Waals surface area contributed by atoms with Gasteiger partial charge in [-0.25, -0.2) is 0 Å². The van der Waals surface area contributed by atoms with Crippen molar-refractivity contribution in [2.45, 2.75) is 57.0 Å². The molecule has 0 aromatic carbocycles. The highest BCUT2D eigenvalue weighted by atomic mass is 32.2. The summed E-state index contributed by atoms with van der Waals surface area (Å²) < 4.78 is 0. The first-order valence-electron chi connectivity index (χ1n) is 5.51. The van der Waals surface area contributed by atoms with Crippen molar-refractivity contribution in [1.82, 2.24) is 0 Å². The van der Waals surface area contributed by atoms with Crippen molar-refractivity contribution >= 4 is 29.5 Å². The summed E-state index contributed by atoms with van der Waals surface area (Å²) in [6.07, 6.45) is 4.46. The maximum atomic E-state index is 11.5. The van der Waals surface area contributed by atoms with Gasteiger partial charge in [0.05, 0.1) is 0 Å². The van der Waals surface area contributed by atoms with Gasteiger partial charge in [-0.15, -0.1) is 0 Å². The van der Waals surface area contributed by atoms with E-state index >= 15 is 0 Å². The number of hydrogen-bond acceptors (Lipinski definition) is 3. The van der Waals surface area contributed by atoms with E-state index in [1.54, 1.807) is 6.92 Å². The number of unbranched alkanes of at least 4 members (excludes halogenated alkanes) is 1. The van der Waals surface area contributed by atoms with Gasteiger partial charge in [0.2, 0.25) is 5.12 Å². The van der Waals surface area contributed by atoms with Crippen molar-refractivity contribution in [3.63, 3.8) is 0 Å². The monoisotopic (exact) mass is 246 g/mol. The molecule has 2 atom stereocenters. The molecule has 15 heavy (non-hydrogen) atoms. The molecule has 0 aliphatic rings. The summed E-state index contributed by atoms with van der Waals surface area (Å²) in [5, 5.41) is 0.893. The molecular formula is C12H22OS2. The molecule has 0 spiro atoms. The second kappa shape index (κ2) is 8.28. The number of thioether (sulfide) groups is 1. The second-order valence-electron chi connectivity index (χ2n) is 4.03. The average molecular weight is 246 g/mol. The van der Waals surface area contributed by atoms with Gasteiger partial charge >= 0.3 is 0 Å². The second-order valence-corrected chi connectivity index (χ2v) is 6.19. The zero-order valence-electron chi connectivity index (χ0n) is 9.95. The summed E-state index contributed by atoms with van der Waals surface area (Å²) in [5.74, 6) is 0. The first kappa shape index (κ1) is 15.1. The summed E-state index contributed by atoms with van der Waals surface area (Å²) in [4.78, 5) is 11.5. The van der Waals surface area contributed by atoms with Crippen LogP contribution in [-0.2, 0) is 4.79 Å². The molecule has 0 fully saturated rings. The van der Waals surface area contributed by atoms with Crippen LogP contribution in [0.3, 0.4) is 0 Å². The standard InChI is InChI=1S/C12H22OS2/c1-5-6-7-11(8-10(4)14)15-12(13)9(2)3/h10-11,14H,2,5-8H2,1,3-4H3. The van der Waals surface area contributed by atoms with Crippen LogP contribution in [0.1, 0.15) is 46.5 Å². The van der Waals surface area contributed by atoms with Gasteiger partial charge in [0, 0.05) is 5.25 Å². The summed E-state index contributed by atoms with van der Waals surface area (Å²) >= 11 is 5.82. The van der Waals surface area contributed by atoms with Crippen molar-refractivity contribution in [3.05, 3.63) is 12.2 Å². The molecule has 0 aromatic heterocycles. The Hall–Kier alpha value is 0.110. The lowest BCUT2D eigenvalue weighted by molar-refractivity contribution is -0.107. The van der Waals surface area contributed by atoms with Gasteiger partial charge in [0.1, 0.15) is 0 Å². The molecule has 2 unspecified atom stereocenters. The van der Waals surface area contributed by atoms with E-state index in [0.29, 0.717) is 16.1 Å². The number of rotatable bonds is 7. The van der Waals surface area contributed by atoms with Crippen LogP contribution in [0.2, 0.25) is 0 Å². The van der Waals surface area contributed by atoms with Crippen LogP contribution in [0.15, 0.2) is 12.2 Å². The molecule has 3 heteroatoms. The van der Waals surface area contributed by atoms with E-state index in [2.05, 4.69) is 33.1 Å². The van der Waals surface area contributed by atoms with Crippen molar-refractivity contribution in [1.29, 1.82) is 0 Å². The maximum absolute atomic E-state index is 11.5. The van der Waals surface area contributed by atoms with Crippen LogP contribution >= 0.6 is 24.4 Å². The SMILES string of the molecule is C=C(C)C(=O)SC(CCCC)CC(C)S. The molecule has 0 heterocycles. The van der Waals surface area contributed by atoms with Crippen LogP contribution in [0, 0.1) is 0 Å². The summed E-state index contributed by atoms with van der Waals surface area (Å²) in [6.45, 7) is 9.70. The van der Waals surface area contributed by atoms with Crippen LogP contribution in [-0.4, -0.2) is 15.6 Å². The molecule has 0 radical (unpaired) electrons. The molecule has 0 saturated carbocycles. The van der Waals surface area contributed by atoms with E-state index in [9.17, 15) is 4.79 Å². The molecule has 88 valence electrons. The fourth-order valence-corrected chi connectivity index (χ4v) is 2.86. The maximum Gasteiger partial charge on any atom is 0.214 e. The van der Waals surface area contributed by atoms with Crippen LogP contribution in [0.25, 0.3) is 0 Å². The van der Waals surface area contributed by atoms with Gasteiger partial charge in [-0.2, -0.15) is 12.6 Å². The van der Waals surface area contributed by atoms with E-state index in [-0.39, 0.29) is 5.12 Å². The Morgan fingerprint density at radius 2 is 2.13 bits per heavy atom. The molecule has 0 saturated heterocycles. The fourth-order valence-electron chi connectivity index (χ4n) is 1.29. The predicted octanol–water partition coefficient (Wildman–Crippen LogP) is 4.09. The number of carbonyl (C=O) groups is 1. The van der Waals surface area contributed by atoms with Crippen molar-refractivity contribution in [2.75, 3.05) is 0 Å². The molecule has 0 N–H and O–H groups in total. The minimum atomic E-state index is 0.130. The van der Waals surface area contributed by atoms with Crippen LogP contribution < -0.4 is 0 Å². The van der Waals surface area contributed by atoms with Crippen molar-refractivity contribution in [3.8, 4) is 0 Å². The molecule has 0 aromatic rings. The molecule has 0 amide bonds. The summed E-state index contributed by atoms with van der Waals surface area (Å²) in [6, 6.07) is 0. The Morgan fingerprint density at radius 3 is 2.53 bits per heavy atom. The van der Waals surface area contributed by atoms with Gasteiger partial charge in [-0.1, -0.05) is 45.0 Å². The lowest BCUT2D eigenvalue weighted by Gasteiger charge is -2.16. The molecule has 0 rings (SSSR count). The minimum absolute atomic E-state index is 0.130. The Morgan fingerprint density at radius 1 is 1.53 bits per heavy atom. The summed E-state index contributed by atoms with van der Waals surface area (Å²) in [7, 11) is 0. The molecule has 1 nitrogen and oxygen atoms in total. The Kier molecular flexibility index (Phi) is 8.34. The Balaban J connectivity index is 4.10. The zero-order valence-corrected chi connectivity index (χ0v) is 11.7. The van der Waals surface area contributed by atoms with E-state index in [1.807, 2.05) is 0 Å². The predicted molar refractivity (Wildman–Crippen MR) is 73.8 cm³/mol.